The molecule has 1 heterocycles. The summed E-state index contributed by atoms with van der Waals surface area (Å²) < 4.78 is 1.94. The van der Waals surface area contributed by atoms with E-state index in [-0.39, 0.29) is 0 Å². The maximum absolute atomic E-state index is 10.8. The molecule has 2 rings (SSSR count). The van der Waals surface area contributed by atoms with Crippen LogP contribution < -0.4 is 0 Å². The van der Waals surface area contributed by atoms with Gasteiger partial charge in [-0.2, -0.15) is 0 Å². The SMILES string of the molecule is CCc1cn(P)c2ccc(C(=O)O)cc12. The van der Waals surface area contributed by atoms with E-state index in [2.05, 4.69) is 16.3 Å². The van der Waals surface area contributed by atoms with E-state index < -0.39 is 5.97 Å². The number of nitrogens with zero attached hydrogens (tertiary/aromatic N) is 1. The van der Waals surface area contributed by atoms with Gasteiger partial charge >= 0.3 is 5.97 Å². The maximum Gasteiger partial charge on any atom is 0.335 e. The quantitative estimate of drug-likeness (QED) is 0.792. The van der Waals surface area contributed by atoms with Gasteiger partial charge in [0, 0.05) is 11.6 Å². The lowest BCUT2D eigenvalue weighted by atomic mass is 10.1. The molecule has 78 valence electrons. The Bertz CT molecular complexity index is 531. The summed E-state index contributed by atoms with van der Waals surface area (Å²) in [4.78, 5) is 10.8. The molecule has 0 spiro atoms. The Hall–Kier alpha value is -1.34. The molecule has 1 aromatic carbocycles. The van der Waals surface area contributed by atoms with Crippen molar-refractivity contribution in [2.45, 2.75) is 13.3 Å². The van der Waals surface area contributed by atoms with Gasteiger partial charge in [0.1, 0.15) is 0 Å². The molecule has 0 saturated heterocycles. The molecular weight excluding hydrogens is 209 g/mol. The molecule has 1 aromatic heterocycles. The average molecular weight is 221 g/mol. The Morgan fingerprint density at radius 1 is 1.53 bits per heavy atom. The minimum absolute atomic E-state index is 0.341. The van der Waals surface area contributed by atoms with Crippen molar-refractivity contribution in [1.82, 2.24) is 4.34 Å². The molecule has 2 aromatic rings. The van der Waals surface area contributed by atoms with E-state index in [0.29, 0.717) is 5.56 Å². The fourth-order valence-corrected chi connectivity index (χ4v) is 2.15. The lowest BCUT2D eigenvalue weighted by molar-refractivity contribution is 0.0697. The first-order valence-corrected chi connectivity index (χ1v) is 5.27. The third kappa shape index (κ3) is 1.64. The molecule has 0 aliphatic heterocycles. The van der Waals surface area contributed by atoms with Crippen molar-refractivity contribution in [3.8, 4) is 0 Å². The Morgan fingerprint density at radius 2 is 2.27 bits per heavy atom. The second-order valence-electron chi connectivity index (χ2n) is 3.45. The Balaban J connectivity index is 2.73. The molecule has 1 atom stereocenters. The molecule has 0 aliphatic rings. The summed E-state index contributed by atoms with van der Waals surface area (Å²) in [6, 6.07) is 5.20. The number of benzene rings is 1. The number of hydrogen-bond donors (Lipinski definition) is 1. The van der Waals surface area contributed by atoms with Crippen molar-refractivity contribution >= 4 is 26.3 Å². The number of carbonyl (C=O) groups is 1. The first kappa shape index (κ1) is 10.2. The molecule has 0 saturated carbocycles. The molecular formula is C11H12NO2P. The van der Waals surface area contributed by atoms with Gasteiger partial charge < -0.3 is 9.44 Å². The van der Waals surface area contributed by atoms with Gasteiger partial charge in [-0.05, 0) is 39.6 Å². The van der Waals surface area contributed by atoms with Crippen LogP contribution in [0.5, 0.6) is 0 Å². The van der Waals surface area contributed by atoms with E-state index in [1.807, 2.05) is 16.6 Å². The number of hydrogen-bond acceptors (Lipinski definition) is 1. The fourth-order valence-electron chi connectivity index (χ4n) is 1.74. The van der Waals surface area contributed by atoms with E-state index in [0.717, 1.165) is 17.3 Å². The van der Waals surface area contributed by atoms with Gasteiger partial charge in [-0.25, -0.2) is 4.79 Å². The third-order valence-electron chi connectivity index (χ3n) is 2.54. The van der Waals surface area contributed by atoms with Crippen molar-refractivity contribution in [2.24, 2.45) is 0 Å². The van der Waals surface area contributed by atoms with Gasteiger partial charge in [-0.15, -0.1) is 0 Å². The van der Waals surface area contributed by atoms with E-state index >= 15 is 0 Å². The summed E-state index contributed by atoms with van der Waals surface area (Å²) in [7, 11) is 2.60. The van der Waals surface area contributed by atoms with E-state index in [1.165, 1.54) is 5.56 Å². The molecule has 1 unspecified atom stereocenters. The van der Waals surface area contributed by atoms with Crippen molar-refractivity contribution in [1.29, 1.82) is 0 Å². The molecule has 3 nitrogen and oxygen atoms in total. The zero-order chi connectivity index (χ0) is 11.0. The van der Waals surface area contributed by atoms with Crippen molar-refractivity contribution in [3.05, 3.63) is 35.5 Å². The van der Waals surface area contributed by atoms with Crippen LogP contribution in [0.4, 0.5) is 0 Å². The van der Waals surface area contributed by atoms with Crippen LogP contribution in [-0.2, 0) is 6.42 Å². The van der Waals surface area contributed by atoms with Gasteiger partial charge in [0.25, 0.3) is 0 Å². The average Bonchev–Trinajstić information content (AvgIpc) is 2.55. The van der Waals surface area contributed by atoms with Crippen molar-refractivity contribution in [3.63, 3.8) is 0 Å². The van der Waals surface area contributed by atoms with Gasteiger partial charge in [0.15, 0.2) is 0 Å². The Labute approximate surface area is 90.0 Å². The number of carboxylic acid groups (broad SMARTS) is 1. The third-order valence-corrected chi connectivity index (χ3v) is 2.97. The van der Waals surface area contributed by atoms with Crippen LogP contribution in [-0.4, -0.2) is 15.4 Å². The second kappa shape index (κ2) is 3.67. The molecule has 0 fully saturated rings. The summed E-state index contributed by atoms with van der Waals surface area (Å²) in [6.07, 6.45) is 2.92. The van der Waals surface area contributed by atoms with Crippen LogP contribution in [0.15, 0.2) is 24.4 Å². The number of fused-ring (bicyclic) bond motifs is 1. The number of rotatable bonds is 2. The van der Waals surface area contributed by atoms with Crippen molar-refractivity contribution in [2.75, 3.05) is 0 Å². The summed E-state index contributed by atoms with van der Waals surface area (Å²) in [5.74, 6) is -0.879. The smallest absolute Gasteiger partial charge is 0.335 e. The Morgan fingerprint density at radius 3 is 2.87 bits per heavy atom. The fraction of sp³-hybridized carbons (Fsp3) is 0.182. The monoisotopic (exact) mass is 221 g/mol. The molecule has 0 amide bonds. The largest absolute Gasteiger partial charge is 0.478 e. The first-order valence-electron chi connectivity index (χ1n) is 4.76. The Kier molecular flexibility index (Phi) is 2.49. The second-order valence-corrected chi connectivity index (χ2v) is 4.01. The minimum Gasteiger partial charge on any atom is -0.478 e. The zero-order valence-corrected chi connectivity index (χ0v) is 9.55. The zero-order valence-electron chi connectivity index (χ0n) is 8.40. The van der Waals surface area contributed by atoms with Gasteiger partial charge in [-0.1, -0.05) is 6.92 Å². The standard InChI is InChI=1S/C11H12NO2P/c1-2-7-6-12(15)10-4-3-8(11(13)14)5-9(7)10/h3-6H,2,15H2,1H3,(H,13,14). The van der Waals surface area contributed by atoms with Crippen LogP contribution in [0.1, 0.15) is 22.8 Å². The van der Waals surface area contributed by atoms with E-state index in [1.54, 1.807) is 12.1 Å². The normalized spacial score (nSPS) is 10.8. The lowest BCUT2D eigenvalue weighted by Crippen LogP contribution is -1.95. The molecule has 0 radical (unpaired) electrons. The van der Waals surface area contributed by atoms with Gasteiger partial charge in [-0.3, -0.25) is 0 Å². The molecule has 4 heteroatoms. The number of aromatic carboxylic acids is 1. The summed E-state index contributed by atoms with van der Waals surface area (Å²) in [5.41, 5.74) is 2.55. The number of aryl methyl sites for hydroxylation is 1. The van der Waals surface area contributed by atoms with E-state index in [9.17, 15) is 4.79 Å². The highest BCUT2D eigenvalue weighted by Crippen LogP contribution is 2.24. The highest BCUT2D eigenvalue weighted by molar-refractivity contribution is 7.14. The van der Waals surface area contributed by atoms with Crippen LogP contribution in [0.3, 0.4) is 0 Å². The van der Waals surface area contributed by atoms with Crippen molar-refractivity contribution < 1.29 is 9.90 Å². The predicted molar refractivity (Wildman–Crippen MR) is 63.4 cm³/mol. The number of aromatic nitrogens is 1. The summed E-state index contributed by atoms with van der Waals surface area (Å²) in [5, 5.41) is 9.92. The lowest BCUT2D eigenvalue weighted by Gasteiger charge is -1.98. The predicted octanol–water partition coefficient (Wildman–Crippen LogP) is 2.54. The number of carboxylic acids is 1. The van der Waals surface area contributed by atoms with E-state index in [4.69, 9.17) is 5.11 Å². The highest BCUT2D eigenvalue weighted by Gasteiger charge is 2.08. The first-order chi connectivity index (χ1) is 7.13. The molecule has 1 N–H and O–H groups in total. The molecule has 15 heavy (non-hydrogen) atoms. The topological polar surface area (TPSA) is 42.2 Å². The van der Waals surface area contributed by atoms with Crippen LogP contribution in [0, 0.1) is 0 Å². The summed E-state index contributed by atoms with van der Waals surface area (Å²) >= 11 is 0. The van der Waals surface area contributed by atoms with Crippen LogP contribution in [0.25, 0.3) is 10.9 Å². The van der Waals surface area contributed by atoms with Crippen LogP contribution >= 0.6 is 9.39 Å². The summed E-state index contributed by atoms with van der Waals surface area (Å²) in [6.45, 7) is 2.06. The van der Waals surface area contributed by atoms with Gasteiger partial charge in [0.2, 0.25) is 0 Å². The molecule has 0 aliphatic carbocycles. The molecule has 0 bridgehead atoms. The van der Waals surface area contributed by atoms with Gasteiger partial charge in [0.05, 0.1) is 11.1 Å². The highest BCUT2D eigenvalue weighted by atomic mass is 31.0. The maximum atomic E-state index is 10.8. The minimum atomic E-state index is -0.879. The van der Waals surface area contributed by atoms with Crippen LogP contribution in [0.2, 0.25) is 0 Å².